The molecule has 0 spiro atoms. The van der Waals surface area contributed by atoms with Crippen molar-refractivity contribution in [2.24, 2.45) is 5.92 Å². The number of carboxylic acids is 1. The molecule has 4 heteroatoms. The Morgan fingerprint density at radius 1 is 1.10 bits per heavy atom. The van der Waals surface area contributed by atoms with Crippen LogP contribution in [0.25, 0.3) is 0 Å². The Labute approximate surface area is 126 Å². The summed E-state index contributed by atoms with van der Waals surface area (Å²) < 4.78 is 0. The lowest BCUT2D eigenvalue weighted by molar-refractivity contribution is -0.136. The first-order valence-electron chi connectivity index (χ1n) is 7.53. The fourth-order valence-corrected chi connectivity index (χ4v) is 2.16. The summed E-state index contributed by atoms with van der Waals surface area (Å²) in [4.78, 5) is 21.8. The van der Waals surface area contributed by atoms with E-state index in [2.05, 4.69) is 43.4 Å². The second-order valence-electron chi connectivity index (χ2n) is 5.76. The van der Waals surface area contributed by atoms with Gasteiger partial charge in [0.05, 0.1) is 6.42 Å². The number of nitrogens with one attached hydrogen (secondary N) is 1. The summed E-state index contributed by atoms with van der Waals surface area (Å²) in [6, 6.07) is 8.56. The van der Waals surface area contributed by atoms with Gasteiger partial charge in [0.15, 0.2) is 0 Å². The summed E-state index contributed by atoms with van der Waals surface area (Å²) in [6.45, 7) is 4.62. The van der Waals surface area contributed by atoms with Gasteiger partial charge in [0, 0.05) is 13.0 Å². The predicted octanol–water partition coefficient (Wildman–Crippen LogP) is 2.80. The van der Waals surface area contributed by atoms with Crippen molar-refractivity contribution >= 4 is 11.9 Å². The van der Waals surface area contributed by atoms with Gasteiger partial charge in [-0.3, -0.25) is 9.59 Å². The average Bonchev–Trinajstić information content (AvgIpc) is 2.39. The van der Waals surface area contributed by atoms with Gasteiger partial charge in [-0.15, -0.1) is 0 Å². The highest BCUT2D eigenvalue weighted by Gasteiger charge is 2.03. The van der Waals surface area contributed by atoms with Gasteiger partial charge < -0.3 is 10.4 Å². The molecule has 2 N–H and O–H groups in total. The Morgan fingerprint density at radius 2 is 1.71 bits per heavy atom. The highest BCUT2D eigenvalue weighted by Crippen LogP contribution is 2.11. The second kappa shape index (κ2) is 9.16. The molecule has 1 rings (SSSR count). The Hall–Kier alpha value is -1.84. The number of carboxylic acid groups (broad SMARTS) is 1. The van der Waals surface area contributed by atoms with E-state index < -0.39 is 5.97 Å². The van der Waals surface area contributed by atoms with Crippen LogP contribution in [0.3, 0.4) is 0 Å². The van der Waals surface area contributed by atoms with E-state index in [-0.39, 0.29) is 18.9 Å². The molecule has 21 heavy (non-hydrogen) atoms. The molecule has 1 aromatic carbocycles. The van der Waals surface area contributed by atoms with Gasteiger partial charge in [0.2, 0.25) is 5.91 Å². The van der Waals surface area contributed by atoms with Crippen LogP contribution in [-0.4, -0.2) is 23.5 Å². The molecule has 0 heterocycles. The molecule has 0 aliphatic heterocycles. The van der Waals surface area contributed by atoms with E-state index in [1.165, 1.54) is 11.1 Å². The molecule has 0 atom stereocenters. The molecule has 1 amide bonds. The third kappa shape index (κ3) is 8.12. The van der Waals surface area contributed by atoms with Crippen molar-refractivity contribution in [3.05, 3.63) is 35.4 Å². The van der Waals surface area contributed by atoms with Crippen molar-refractivity contribution in [1.29, 1.82) is 0 Å². The van der Waals surface area contributed by atoms with Crippen LogP contribution in [-0.2, 0) is 22.4 Å². The Kier molecular flexibility index (Phi) is 7.51. The van der Waals surface area contributed by atoms with Gasteiger partial charge in [0.1, 0.15) is 0 Å². The Morgan fingerprint density at radius 3 is 2.29 bits per heavy atom. The molecule has 0 saturated carbocycles. The SMILES string of the molecule is CC(C)Cc1ccc(CCCC(=O)NCCC(=O)O)cc1. The third-order valence-corrected chi connectivity index (χ3v) is 3.20. The summed E-state index contributed by atoms with van der Waals surface area (Å²) in [6.07, 6.45) is 3.15. The van der Waals surface area contributed by atoms with Crippen molar-refractivity contribution in [3.63, 3.8) is 0 Å². The van der Waals surface area contributed by atoms with E-state index in [0.717, 1.165) is 19.3 Å². The molecule has 0 saturated heterocycles. The minimum absolute atomic E-state index is 0.0247. The lowest BCUT2D eigenvalue weighted by Gasteiger charge is -2.07. The number of rotatable bonds is 9. The molecule has 0 fully saturated rings. The van der Waals surface area contributed by atoms with Crippen molar-refractivity contribution in [2.75, 3.05) is 6.54 Å². The summed E-state index contributed by atoms with van der Waals surface area (Å²) >= 11 is 0. The number of aryl methyl sites for hydroxylation is 1. The van der Waals surface area contributed by atoms with Gasteiger partial charge in [-0.05, 0) is 36.3 Å². The average molecular weight is 291 g/mol. The molecule has 0 aliphatic carbocycles. The van der Waals surface area contributed by atoms with Crippen LogP contribution in [0.1, 0.15) is 44.2 Å². The van der Waals surface area contributed by atoms with E-state index in [0.29, 0.717) is 12.3 Å². The number of carbonyl (C=O) groups excluding carboxylic acids is 1. The summed E-state index contributed by atoms with van der Waals surface area (Å²) in [5.74, 6) is -0.310. The molecule has 0 unspecified atom stereocenters. The maximum Gasteiger partial charge on any atom is 0.305 e. The summed E-state index contributed by atoms with van der Waals surface area (Å²) in [5.41, 5.74) is 2.58. The number of amides is 1. The number of aliphatic carboxylic acids is 1. The molecule has 116 valence electrons. The lowest BCUT2D eigenvalue weighted by atomic mass is 10.00. The number of benzene rings is 1. The van der Waals surface area contributed by atoms with Crippen molar-refractivity contribution in [3.8, 4) is 0 Å². The van der Waals surface area contributed by atoms with Gasteiger partial charge in [-0.1, -0.05) is 38.1 Å². The minimum atomic E-state index is -0.892. The largest absolute Gasteiger partial charge is 0.481 e. The van der Waals surface area contributed by atoms with Crippen LogP contribution < -0.4 is 5.32 Å². The smallest absolute Gasteiger partial charge is 0.305 e. The Bertz CT molecular complexity index is 452. The molecule has 0 aliphatic rings. The molecule has 0 aromatic heterocycles. The molecule has 1 aromatic rings. The highest BCUT2D eigenvalue weighted by molar-refractivity contribution is 5.76. The molecular weight excluding hydrogens is 266 g/mol. The van der Waals surface area contributed by atoms with E-state index in [1.54, 1.807) is 0 Å². The summed E-state index contributed by atoms with van der Waals surface area (Å²) in [5, 5.41) is 11.1. The monoisotopic (exact) mass is 291 g/mol. The van der Waals surface area contributed by atoms with Gasteiger partial charge in [0.25, 0.3) is 0 Å². The molecule has 4 nitrogen and oxygen atoms in total. The number of hydrogen-bond acceptors (Lipinski definition) is 2. The zero-order valence-corrected chi connectivity index (χ0v) is 12.9. The lowest BCUT2D eigenvalue weighted by Crippen LogP contribution is -2.25. The van der Waals surface area contributed by atoms with E-state index in [4.69, 9.17) is 5.11 Å². The summed E-state index contributed by atoms with van der Waals surface area (Å²) in [7, 11) is 0. The maximum atomic E-state index is 11.5. The van der Waals surface area contributed by atoms with Gasteiger partial charge in [-0.2, -0.15) is 0 Å². The number of carbonyl (C=O) groups is 2. The van der Waals surface area contributed by atoms with Crippen LogP contribution in [0.15, 0.2) is 24.3 Å². The van der Waals surface area contributed by atoms with E-state index in [9.17, 15) is 9.59 Å². The first-order chi connectivity index (χ1) is 9.97. The topological polar surface area (TPSA) is 66.4 Å². The first kappa shape index (κ1) is 17.2. The fraction of sp³-hybridized carbons (Fsp3) is 0.529. The standard InChI is InChI=1S/C17H25NO3/c1-13(2)12-15-8-6-14(7-9-15)4-3-5-16(19)18-11-10-17(20)21/h6-9,13H,3-5,10-12H2,1-2H3,(H,18,19)(H,20,21). The van der Waals surface area contributed by atoms with Crippen LogP contribution in [0.2, 0.25) is 0 Å². The van der Waals surface area contributed by atoms with Crippen LogP contribution in [0, 0.1) is 5.92 Å². The van der Waals surface area contributed by atoms with E-state index >= 15 is 0 Å². The third-order valence-electron chi connectivity index (χ3n) is 3.20. The van der Waals surface area contributed by atoms with Crippen LogP contribution in [0.4, 0.5) is 0 Å². The van der Waals surface area contributed by atoms with Crippen LogP contribution >= 0.6 is 0 Å². The molecule has 0 bridgehead atoms. The van der Waals surface area contributed by atoms with Crippen molar-refractivity contribution in [1.82, 2.24) is 5.32 Å². The highest BCUT2D eigenvalue weighted by atomic mass is 16.4. The minimum Gasteiger partial charge on any atom is -0.481 e. The quantitative estimate of drug-likeness (QED) is 0.735. The van der Waals surface area contributed by atoms with Gasteiger partial charge >= 0.3 is 5.97 Å². The second-order valence-corrected chi connectivity index (χ2v) is 5.76. The normalized spacial score (nSPS) is 10.6. The zero-order valence-electron chi connectivity index (χ0n) is 12.9. The fourth-order valence-electron chi connectivity index (χ4n) is 2.16. The predicted molar refractivity (Wildman–Crippen MR) is 83.2 cm³/mol. The van der Waals surface area contributed by atoms with Gasteiger partial charge in [-0.25, -0.2) is 0 Å². The number of hydrogen-bond donors (Lipinski definition) is 2. The Balaban J connectivity index is 2.23. The van der Waals surface area contributed by atoms with Crippen molar-refractivity contribution < 1.29 is 14.7 Å². The van der Waals surface area contributed by atoms with Crippen LogP contribution in [0.5, 0.6) is 0 Å². The first-order valence-corrected chi connectivity index (χ1v) is 7.53. The molecule has 0 radical (unpaired) electrons. The van der Waals surface area contributed by atoms with Crippen molar-refractivity contribution in [2.45, 2.75) is 46.0 Å². The van der Waals surface area contributed by atoms with E-state index in [1.807, 2.05) is 0 Å². The zero-order chi connectivity index (χ0) is 15.7. The molecular formula is C17H25NO3. The maximum absolute atomic E-state index is 11.5.